The Kier molecular flexibility index (Phi) is 1.46. The van der Waals surface area contributed by atoms with Gasteiger partial charge in [0.15, 0.2) is 5.79 Å². The number of rotatable bonds is 0. The molecule has 0 radical (unpaired) electrons. The molecule has 13 heavy (non-hydrogen) atoms. The SMILES string of the molecule is CC1=C(C)C2C(C1)CC21OCCO1. The first-order valence-electron chi connectivity index (χ1n) is 5.17. The van der Waals surface area contributed by atoms with Crippen molar-refractivity contribution in [1.29, 1.82) is 0 Å². The van der Waals surface area contributed by atoms with Gasteiger partial charge in [-0.2, -0.15) is 0 Å². The smallest absolute Gasteiger partial charge is 0.175 e. The predicted octanol–water partition coefficient (Wildman–Crippen LogP) is 2.11. The van der Waals surface area contributed by atoms with Crippen molar-refractivity contribution >= 4 is 0 Å². The van der Waals surface area contributed by atoms with E-state index in [0.717, 1.165) is 25.6 Å². The maximum absolute atomic E-state index is 5.75. The van der Waals surface area contributed by atoms with Gasteiger partial charge in [0, 0.05) is 12.3 Å². The molecular formula is C11H16O2. The zero-order chi connectivity index (χ0) is 9.05. The number of hydrogen-bond donors (Lipinski definition) is 0. The summed E-state index contributed by atoms with van der Waals surface area (Å²) in [6.07, 6.45) is 2.39. The molecule has 1 heterocycles. The van der Waals surface area contributed by atoms with Crippen LogP contribution in [0.4, 0.5) is 0 Å². The zero-order valence-electron chi connectivity index (χ0n) is 8.30. The lowest BCUT2D eigenvalue weighted by Gasteiger charge is -2.48. The van der Waals surface area contributed by atoms with Crippen molar-refractivity contribution in [2.45, 2.75) is 32.5 Å². The van der Waals surface area contributed by atoms with Crippen molar-refractivity contribution in [3.8, 4) is 0 Å². The Bertz CT molecular complexity index is 274. The first-order chi connectivity index (χ1) is 6.23. The molecule has 0 aromatic heterocycles. The lowest BCUT2D eigenvalue weighted by Crippen LogP contribution is -2.53. The van der Waals surface area contributed by atoms with Gasteiger partial charge in [0.1, 0.15) is 0 Å². The Morgan fingerprint density at radius 1 is 1.23 bits per heavy atom. The Labute approximate surface area is 78.9 Å². The summed E-state index contributed by atoms with van der Waals surface area (Å²) in [5.41, 5.74) is 3.09. The van der Waals surface area contributed by atoms with Crippen molar-refractivity contribution in [2.24, 2.45) is 11.8 Å². The maximum Gasteiger partial charge on any atom is 0.175 e. The molecule has 1 aliphatic heterocycles. The topological polar surface area (TPSA) is 18.5 Å². The van der Waals surface area contributed by atoms with E-state index in [1.54, 1.807) is 5.57 Å². The standard InChI is InChI=1S/C11H16O2/c1-7-5-9-6-11(10(9)8(7)2)12-3-4-13-11/h9-10H,3-6H2,1-2H3. The monoisotopic (exact) mass is 180 g/mol. The summed E-state index contributed by atoms with van der Waals surface area (Å²) >= 11 is 0. The highest BCUT2D eigenvalue weighted by atomic mass is 16.7. The molecule has 1 spiro atoms. The summed E-state index contributed by atoms with van der Waals surface area (Å²) in [6.45, 7) is 6.06. The molecule has 2 aliphatic carbocycles. The van der Waals surface area contributed by atoms with Gasteiger partial charge in [-0.3, -0.25) is 0 Å². The molecule has 0 aromatic carbocycles. The van der Waals surface area contributed by atoms with Crippen molar-refractivity contribution in [3.05, 3.63) is 11.1 Å². The van der Waals surface area contributed by atoms with E-state index in [2.05, 4.69) is 13.8 Å². The second kappa shape index (κ2) is 2.37. The largest absolute Gasteiger partial charge is 0.347 e. The second-order valence-corrected chi connectivity index (χ2v) is 4.62. The van der Waals surface area contributed by atoms with Gasteiger partial charge in [0.2, 0.25) is 0 Å². The van der Waals surface area contributed by atoms with E-state index in [1.165, 1.54) is 12.0 Å². The fourth-order valence-corrected chi connectivity index (χ4v) is 3.27. The molecule has 1 saturated carbocycles. The minimum atomic E-state index is -0.188. The van der Waals surface area contributed by atoms with E-state index in [-0.39, 0.29) is 5.79 Å². The summed E-state index contributed by atoms with van der Waals surface area (Å²) in [4.78, 5) is 0. The molecule has 0 amide bonds. The Balaban J connectivity index is 1.90. The fraction of sp³-hybridized carbons (Fsp3) is 0.818. The van der Waals surface area contributed by atoms with Crippen LogP contribution in [0, 0.1) is 11.8 Å². The van der Waals surface area contributed by atoms with Gasteiger partial charge < -0.3 is 9.47 Å². The summed E-state index contributed by atoms with van der Waals surface area (Å²) < 4.78 is 11.5. The first kappa shape index (κ1) is 8.01. The van der Waals surface area contributed by atoms with Crippen LogP contribution in [0.25, 0.3) is 0 Å². The van der Waals surface area contributed by atoms with Gasteiger partial charge in [0.25, 0.3) is 0 Å². The third-order valence-electron chi connectivity index (χ3n) is 3.98. The van der Waals surface area contributed by atoms with E-state index in [0.29, 0.717) is 5.92 Å². The first-order valence-corrected chi connectivity index (χ1v) is 5.17. The van der Waals surface area contributed by atoms with E-state index >= 15 is 0 Å². The van der Waals surface area contributed by atoms with Crippen LogP contribution in [0.15, 0.2) is 11.1 Å². The van der Waals surface area contributed by atoms with Crippen LogP contribution in [0.2, 0.25) is 0 Å². The van der Waals surface area contributed by atoms with Crippen LogP contribution in [-0.2, 0) is 9.47 Å². The Morgan fingerprint density at radius 3 is 2.54 bits per heavy atom. The molecule has 2 unspecified atom stereocenters. The van der Waals surface area contributed by atoms with Crippen LogP contribution in [0.3, 0.4) is 0 Å². The van der Waals surface area contributed by atoms with E-state index < -0.39 is 0 Å². The van der Waals surface area contributed by atoms with Crippen molar-refractivity contribution < 1.29 is 9.47 Å². The normalized spacial score (nSPS) is 41.1. The summed E-state index contributed by atoms with van der Waals surface area (Å²) in [7, 11) is 0. The number of allylic oxidation sites excluding steroid dienone is 1. The molecule has 2 atom stereocenters. The molecule has 72 valence electrons. The van der Waals surface area contributed by atoms with Gasteiger partial charge in [0.05, 0.1) is 13.2 Å². The highest BCUT2D eigenvalue weighted by molar-refractivity contribution is 5.29. The average molecular weight is 180 g/mol. The molecule has 1 saturated heterocycles. The molecule has 2 heteroatoms. The van der Waals surface area contributed by atoms with E-state index in [9.17, 15) is 0 Å². The third kappa shape index (κ3) is 0.856. The zero-order valence-corrected chi connectivity index (χ0v) is 8.30. The van der Waals surface area contributed by atoms with Crippen LogP contribution in [0.5, 0.6) is 0 Å². The van der Waals surface area contributed by atoms with E-state index in [1.807, 2.05) is 0 Å². The van der Waals surface area contributed by atoms with Gasteiger partial charge in [-0.1, -0.05) is 11.1 Å². The molecule has 3 aliphatic rings. The van der Waals surface area contributed by atoms with E-state index in [4.69, 9.17) is 9.47 Å². The number of ether oxygens (including phenoxy) is 2. The molecule has 0 N–H and O–H groups in total. The number of fused-ring (bicyclic) bond motifs is 2. The van der Waals surface area contributed by atoms with Crippen molar-refractivity contribution in [1.82, 2.24) is 0 Å². The third-order valence-corrected chi connectivity index (χ3v) is 3.98. The highest BCUT2D eigenvalue weighted by Crippen LogP contribution is 2.59. The molecule has 2 fully saturated rings. The van der Waals surface area contributed by atoms with Crippen LogP contribution in [0.1, 0.15) is 26.7 Å². The van der Waals surface area contributed by atoms with Crippen molar-refractivity contribution in [2.75, 3.05) is 13.2 Å². The minimum absolute atomic E-state index is 0.188. The quantitative estimate of drug-likeness (QED) is 0.531. The summed E-state index contributed by atoms with van der Waals surface area (Å²) in [6, 6.07) is 0. The second-order valence-electron chi connectivity index (χ2n) is 4.62. The van der Waals surface area contributed by atoms with Gasteiger partial charge in [-0.05, 0) is 26.2 Å². The molecule has 0 bridgehead atoms. The van der Waals surface area contributed by atoms with Gasteiger partial charge in [-0.25, -0.2) is 0 Å². The lowest BCUT2D eigenvalue weighted by molar-refractivity contribution is -0.260. The average Bonchev–Trinajstić information content (AvgIpc) is 2.59. The molecular weight excluding hydrogens is 164 g/mol. The number of hydrogen-bond acceptors (Lipinski definition) is 2. The van der Waals surface area contributed by atoms with Crippen LogP contribution < -0.4 is 0 Å². The molecule has 3 rings (SSSR count). The minimum Gasteiger partial charge on any atom is -0.347 e. The molecule has 0 aromatic rings. The maximum atomic E-state index is 5.75. The predicted molar refractivity (Wildman–Crippen MR) is 49.2 cm³/mol. The Morgan fingerprint density at radius 2 is 1.92 bits per heavy atom. The van der Waals surface area contributed by atoms with Crippen molar-refractivity contribution in [3.63, 3.8) is 0 Å². The van der Waals surface area contributed by atoms with Gasteiger partial charge in [-0.15, -0.1) is 0 Å². The fourth-order valence-electron chi connectivity index (χ4n) is 3.27. The molecule has 2 nitrogen and oxygen atoms in total. The highest BCUT2D eigenvalue weighted by Gasteiger charge is 2.60. The lowest BCUT2D eigenvalue weighted by atomic mass is 9.67. The summed E-state index contributed by atoms with van der Waals surface area (Å²) in [5, 5.41) is 0. The summed E-state index contributed by atoms with van der Waals surface area (Å²) in [5.74, 6) is 1.21. The Hall–Kier alpha value is -0.340. The van der Waals surface area contributed by atoms with Crippen LogP contribution in [-0.4, -0.2) is 19.0 Å². The van der Waals surface area contributed by atoms with Gasteiger partial charge >= 0.3 is 0 Å². The van der Waals surface area contributed by atoms with Crippen LogP contribution >= 0.6 is 0 Å².